The molecule has 1 aliphatic carbocycles. The average Bonchev–Trinajstić information content (AvgIpc) is 2.29. The van der Waals surface area contributed by atoms with E-state index in [9.17, 15) is 0 Å². The molecule has 0 N–H and O–H groups in total. The third kappa shape index (κ3) is 3.11. The monoisotopic (exact) mass is 248 g/mol. The van der Waals surface area contributed by atoms with Gasteiger partial charge in [-0.15, -0.1) is 6.42 Å². The summed E-state index contributed by atoms with van der Waals surface area (Å²) in [5.74, 6) is 3.95. The first-order chi connectivity index (χ1) is 7.98. The van der Waals surface area contributed by atoms with E-state index in [1.165, 1.54) is 12.8 Å². The van der Waals surface area contributed by atoms with E-state index in [0.29, 0.717) is 5.92 Å². The molecule has 0 spiro atoms. The molecule has 1 rings (SSSR count). The number of rotatable bonds is 2. The molecule has 1 fully saturated rings. The molecular formula is C16H24S. The molecule has 0 aliphatic heterocycles. The van der Waals surface area contributed by atoms with Crippen LogP contribution in [0.3, 0.4) is 0 Å². The van der Waals surface area contributed by atoms with Crippen LogP contribution < -0.4 is 0 Å². The van der Waals surface area contributed by atoms with Crippen molar-refractivity contribution in [2.24, 2.45) is 23.7 Å². The molecule has 0 saturated heterocycles. The van der Waals surface area contributed by atoms with Gasteiger partial charge in [0.1, 0.15) is 0 Å². The Morgan fingerprint density at radius 1 is 1.12 bits per heavy atom. The molecule has 0 aromatic rings. The minimum atomic E-state index is -1.49. The van der Waals surface area contributed by atoms with Crippen molar-refractivity contribution in [3.63, 3.8) is 0 Å². The van der Waals surface area contributed by atoms with Crippen LogP contribution in [-0.4, -0.2) is 15.8 Å². The fourth-order valence-corrected chi connectivity index (χ4v) is 5.03. The fourth-order valence-electron chi connectivity index (χ4n) is 3.19. The highest BCUT2D eigenvalue weighted by Gasteiger charge is 2.32. The van der Waals surface area contributed by atoms with Gasteiger partial charge in [0.2, 0.25) is 0 Å². The molecule has 2 atom stereocenters. The minimum absolute atomic E-state index is 0.667. The lowest BCUT2D eigenvalue weighted by Gasteiger charge is -2.38. The highest BCUT2D eigenvalue weighted by atomic mass is 32.2. The van der Waals surface area contributed by atoms with Crippen LogP contribution in [0.2, 0.25) is 0 Å². The SMILES string of the molecule is C#CS(=C=C)(=C=C)CC1C(C)CC(C)CC1C. The smallest absolute Gasteiger partial charge is 0.0111 e. The number of terminal acetylenes is 1. The second-order valence-electron chi connectivity index (χ2n) is 5.51. The zero-order chi connectivity index (χ0) is 13.1. The quantitative estimate of drug-likeness (QED) is 0.514. The molecule has 1 aliphatic rings. The first kappa shape index (κ1) is 14.3. The minimum Gasteiger partial charge on any atom is -0.108 e. The molecule has 0 aromatic carbocycles. The van der Waals surface area contributed by atoms with Crippen LogP contribution in [0.1, 0.15) is 33.6 Å². The van der Waals surface area contributed by atoms with Crippen LogP contribution in [0.5, 0.6) is 0 Å². The van der Waals surface area contributed by atoms with Crippen LogP contribution >= 0.6 is 9.21 Å². The van der Waals surface area contributed by atoms with Gasteiger partial charge in [-0.05, 0) is 54.9 Å². The van der Waals surface area contributed by atoms with E-state index < -0.39 is 9.21 Å². The van der Waals surface area contributed by atoms with Crippen LogP contribution in [0.4, 0.5) is 0 Å². The Bertz CT molecular complexity index is 440. The van der Waals surface area contributed by atoms with Crippen LogP contribution in [-0.2, 0) is 0 Å². The second-order valence-corrected chi connectivity index (χ2v) is 8.13. The summed E-state index contributed by atoms with van der Waals surface area (Å²) in [6.45, 7) is 14.6. The molecule has 0 aromatic heterocycles. The lowest BCUT2D eigenvalue weighted by atomic mass is 9.70. The van der Waals surface area contributed by atoms with Gasteiger partial charge < -0.3 is 0 Å². The molecule has 0 nitrogen and oxygen atoms in total. The Morgan fingerprint density at radius 3 is 1.94 bits per heavy atom. The Balaban J connectivity index is 3.00. The maximum atomic E-state index is 5.65. The summed E-state index contributed by atoms with van der Waals surface area (Å²) in [6.07, 6.45) is 8.26. The van der Waals surface area contributed by atoms with Crippen molar-refractivity contribution in [2.45, 2.75) is 33.6 Å². The van der Waals surface area contributed by atoms with Gasteiger partial charge in [-0.1, -0.05) is 40.0 Å². The predicted molar refractivity (Wildman–Crippen MR) is 82.8 cm³/mol. The fraction of sp³-hybridized carbons (Fsp3) is 0.625. The zero-order valence-corrected chi connectivity index (χ0v) is 12.1. The molecule has 0 bridgehead atoms. The van der Waals surface area contributed by atoms with Gasteiger partial charge in [-0.25, -0.2) is 0 Å². The van der Waals surface area contributed by atoms with E-state index >= 15 is 0 Å². The van der Waals surface area contributed by atoms with Crippen molar-refractivity contribution in [2.75, 3.05) is 5.75 Å². The lowest BCUT2D eigenvalue weighted by molar-refractivity contribution is 0.154. The van der Waals surface area contributed by atoms with Gasteiger partial charge >= 0.3 is 0 Å². The summed E-state index contributed by atoms with van der Waals surface area (Å²) in [5.41, 5.74) is 0. The molecule has 0 heterocycles. The molecule has 0 radical (unpaired) electrons. The Morgan fingerprint density at radius 2 is 1.59 bits per heavy atom. The van der Waals surface area contributed by atoms with Crippen LogP contribution in [0.25, 0.3) is 0 Å². The standard InChI is InChI=1S/C16H24S/c1-7-17(8-2,9-3)12-16-14(5)10-13(4)11-15(16)6/h1,13-16H,2-3,10-12H2,4-6H3. The van der Waals surface area contributed by atoms with Crippen molar-refractivity contribution in [1.29, 1.82) is 0 Å². The molecule has 0 amide bonds. The van der Waals surface area contributed by atoms with E-state index in [4.69, 9.17) is 6.42 Å². The Kier molecular flexibility index (Phi) is 4.79. The van der Waals surface area contributed by atoms with Gasteiger partial charge in [0.25, 0.3) is 0 Å². The molecule has 2 unspecified atom stereocenters. The van der Waals surface area contributed by atoms with Gasteiger partial charge in [0.15, 0.2) is 0 Å². The van der Waals surface area contributed by atoms with Crippen molar-refractivity contribution < 1.29 is 0 Å². The molecule has 1 saturated carbocycles. The summed E-state index contributed by atoms with van der Waals surface area (Å²) in [5, 5.41) is 8.93. The first-order valence-electron chi connectivity index (χ1n) is 6.34. The van der Waals surface area contributed by atoms with E-state index in [1.807, 2.05) is 0 Å². The van der Waals surface area contributed by atoms with Crippen molar-refractivity contribution in [3.05, 3.63) is 13.2 Å². The van der Waals surface area contributed by atoms with Gasteiger partial charge in [-0.2, -0.15) is 0 Å². The number of hydrogen-bond acceptors (Lipinski definition) is 0. The zero-order valence-electron chi connectivity index (χ0n) is 11.3. The van der Waals surface area contributed by atoms with Gasteiger partial charge in [0.05, 0.1) is 0 Å². The highest BCUT2D eigenvalue weighted by molar-refractivity contribution is 8.32. The average molecular weight is 248 g/mol. The maximum Gasteiger partial charge on any atom is 0.0111 e. The number of hydrogen-bond donors (Lipinski definition) is 0. The topological polar surface area (TPSA) is 0 Å². The molecular weight excluding hydrogens is 224 g/mol. The summed E-state index contributed by atoms with van der Waals surface area (Å²) < 4.78 is 0. The summed E-state index contributed by atoms with van der Waals surface area (Å²) in [6, 6.07) is 0. The third-order valence-corrected chi connectivity index (χ3v) is 6.42. The van der Waals surface area contributed by atoms with E-state index in [0.717, 1.165) is 23.5 Å². The third-order valence-electron chi connectivity index (χ3n) is 4.15. The first-order valence-corrected chi connectivity index (χ1v) is 8.14. The second kappa shape index (κ2) is 5.70. The lowest BCUT2D eigenvalue weighted by Crippen LogP contribution is -2.31. The highest BCUT2D eigenvalue weighted by Crippen LogP contribution is 2.41. The molecule has 94 valence electrons. The van der Waals surface area contributed by atoms with Crippen molar-refractivity contribution in [3.8, 4) is 11.7 Å². The van der Waals surface area contributed by atoms with Gasteiger partial charge in [-0.3, -0.25) is 0 Å². The van der Waals surface area contributed by atoms with Crippen molar-refractivity contribution >= 4 is 19.3 Å². The largest absolute Gasteiger partial charge is 0.108 e. The molecule has 17 heavy (non-hydrogen) atoms. The summed E-state index contributed by atoms with van der Waals surface area (Å²) in [4.78, 5) is 0. The van der Waals surface area contributed by atoms with Crippen molar-refractivity contribution in [1.82, 2.24) is 0 Å². The predicted octanol–water partition coefficient (Wildman–Crippen LogP) is 3.87. The normalized spacial score (nSPS) is 33.3. The summed E-state index contributed by atoms with van der Waals surface area (Å²) >= 11 is 0. The van der Waals surface area contributed by atoms with E-state index in [2.05, 4.69) is 49.2 Å². The Hall–Kier alpha value is -0.790. The van der Waals surface area contributed by atoms with E-state index in [-0.39, 0.29) is 0 Å². The van der Waals surface area contributed by atoms with Crippen LogP contribution in [0, 0.1) is 35.3 Å². The van der Waals surface area contributed by atoms with E-state index in [1.54, 1.807) is 0 Å². The Labute approximate surface area is 107 Å². The maximum absolute atomic E-state index is 5.65. The summed E-state index contributed by atoms with van der Waals surface area (Å²) in [7, 11) is -1.49. The van der Waals surface area contributed by atoms with Gasteiger partial charge in [0, 0.05) is 5.75 Å². The van der Waals surface area contributed by atoms with Crippen LogP contribution in [0.15, 0.2) is 13.2 Å². The molecule has 1 heteroatoms.